The Labute approximate surface area is 81.8 Å². The average molecular weight is 270 g/mol. The fourth-order valence-electron chi connectivity index (χ4n) is 0.983. The van der Waals surface area contributed by atoms with Crippen LogP contribution < -0.4 is 0 Å². The molecular formula is C8H15IO2. The fraction of sp³-hybridized carbons (Fsp3) is 1.00. The lowest BCUT2D eigenvalue weighted by Crippen LogP contribution is -2.37. The molecule has 0 aromatic rings. The topological polar surface area (TPSA) is 18.5 Å². The molecule has 11 heavy (non-hydrogen) atoms. The lowest BCUT2D eigenvalue weighted by Gasteiger charge is -2.34. The standard InChI is InChI=1S/C8H15IO2/c1-8(2)5-10-7(3-4-9)11-6-8/h7H,3-6H2,1-2H3. The first-order valence-corrected chi connectivity index (χ1v) is 5.46. The Hall–Kier alpha value is 0.650. The van der Waals surface area contributed by atoms with E-state index in [2.05, 4.69) is 36.4 Å². The van der Waals surface area contributed by atoms with Crippen molar-refractivity contribution in [3.05, 3.63) is 0 Å². The predicted molar refractivity (Wildman–Crippen MR) is 53.0 cm³/mol. The summed E-state index contributed by atoms with van der Waals surface area (Å²) in [6.45, 7) is 5.98. The lowest BCUT2D eigenvalue weighted by atomic mass is 9.95. The maximum absolute atomic E-state index is 5.51. The van der Waals surface area contributed by atoms with Gasteiger partial charge in [-0.2, -0.15) is 0 Å². The summed E-state index contributed by atoms with van der Waals surface area (Å²) in [7, 11) is 0. The van der Waals surface area contributed by atoms with Crippen LogP contribution in [0.3, 0.4) is 0 Å². The van der Waals surface area contributed by atoms with Gasteiger partial charge in [0.2, 0.25) is 0 Å². The molecule has 0 aromatic heterocycles. The fourth-order valence-corrected chi connectivity index (χ4v) is 1.49. The van der Waals surface area contributed by atoms with Gasteiger partial charge in [-0.05, 0) is 0 Å². The van der Waals surface area contributed by atoms with E-state index in [1.54, 1.807) is 0 Å². The highest BCUT2D eigenvalue weighted by Crippen LogP contribution is 2.24. The molecule has 0 atom stereocenters. The second-order valence-corrected chi connectivity index (χ2v) is 4.77. The Morgan fingerprint density at radius 1 is 1.36 bits per heavy atom. The molecular weight excluding hydrogens is 255 g/mol. The Bertz CT molecular complexity index is 115. The minimum atomic E-state index is 0.0555. The number of hydrogen-bond donors (Lipinski definition) is 0. The smallest absolute Gasteiger partial charge is 0.158 e. The number of rotatable bonds is 2. The second kappa shape index (κ2) is 4.05. The molecule has 1 saturated heterocycles. The maximum atomic E-state index is 5.51. The normalized spacial score (nSPS) is 25.4. The van der Waals surface area contributed by atoms with E-state index in [0.717, 1.165) is 24.1 Å². The summed E-state index contributed by atoms with van der Waals surface area (Å²) in [4.78, 5) is 0. The van der Waals surface area contributed by atoms with Crippen LogP contribution in [-0.4, -0.2) is 23.9 Å². The Kier molecular flexibility index (Phi) is 3.58. The highest BCUT2D eigenvalue weighted by atomic mass is 127. The summed E-state index contributed by atoms with van der Waals surface area (Å²) in [6, 6.07) is 0. The van der Waals surface area contributed by atoms with Gasteiger partial charge in [-0.25, -0.2) is 0 Å². The summed E-state index contributed by atoms with van der Waals surface area (Å²) < 4.78 is 12.1. The van der Waals surface area contributed by atoms with Gasteiger partial charge in [0, 0.05) is 16.3 Å². The van der Waals surface area contributed by atoms with E-state index >= 15 is 0 Å². The van der Waals surface area contributed by atoms with E-state index in [0.29, 0.717) is 0 Å². The van der Waals surface area contributed by atoms with Crippen molar-refractivity contribution in [3.8, 4) is 0 Å². The van der Waals surface area contributed by atoms with Gasteiger partial charge in [0.05, 0.1) is 13.2 Å². The van der Waals surface area contributed by atoms with Crippen LogP contribution >= 0.6 is 22.6 Å². The molecule has 0 aromatic carbocycles. The van der Waals surface area contributed by atoms with E-state index in [1.165, 1.54) is 0 Å². The van der Waals surface area contributed by atoms with E-state index < -0.39 is 0 Å². The van der Waals surface area contributed by atoms with Gasteiger partial charge < -0.3 is 9.47 Å². The molecule has 1 aliphatic rings. The third kappa shape index (κ3) is 3.25. The molecule has 0 spiro atoms. The first-order valence-electron chi connectivity index (χ1n) is 3.93. The van der Waals surface area contributed by atoms with Crippen molar-refractivity contribution in [2.45, 2.75) is 26.6 Å². The second-order valence-electron chi connectivity index (χ2n) is 3.69. The van der Waals surface area contributed by atoms with Gasteiger partial charge in [-0.15, -0.1) is 0 Å². The van der Waals surface area contributed by atoms with Crippen LogP contribution in [-0.2, 0) is 9.47 Å². The molecule has 66 valence electrons. The van der Waals surface area contributed by atoms with Gasteiger partial charge in [0.1, 0.15) is 0 Å². The van der Waals surface area contributed by atoms with E-state index in [9.17, 15) is 0 Å². The molecule has 1 rings (SSSR count). The van der Waals surface area contributed by atoms with Gasteiger partial charge in [-0.1, -0.05) is 36.4 Å². The van der Waals surface area contributed by atoms with E-state index in [4.69, 9.17) is 9.47 Å². The zero-order valence-corrected chi connectivity index (χ0v) is 9.26. The monoisotopic (exact) mass is 270 g/mol. The summed E-state index contributed by atoms with van der Waals surface area (Å²) in [5.74, 6) is 0. The average Bonchev–Trinajstić information content (AvgIpc) is 1.94. The van der Waals surface area contributed by atoms with Crippen molar-refractivity contribution in [2.24, 2.45) is 5.41 Å². The van der Waals surface area contributed by atoms with Crippen molar-refractivity contribution in [1.82, 2.24) is 0 Å². The minimum Gasteiger partial charge on any atom is -0.352 e. The number of ether oxygens (including phenoxy) is 2. The minimum absolute atomic E-state index is 0.0555. The zero-order valence-electron chi connectivity index (χ0n) is 7.10. The molecule has 1 heterocycles. The lowest BCUT2D eigenvalue weighted by molar-refractivity contribution is -0.221. The molecule has 0 saturated carbocycles. The quantitative estimate of drug-likeness (QED) is 0.565. The molecule has 0 unspecified atom stereocenters. The third-order valence-corrected chi connectivity index (χ3v) is 2.29. The van der Waals surface area contributed by atoms with Crippen LogP contribution in [0.5, 0.6) is 0 Å². The van der Waals surface area contributed by atoms with Crippen molar-refractivity contribution in [2.75, 3.05) is 17.6 Å². The molecule has 0 radical (unpaired) electrons. The largest absolute Gasteiger partial charge is 0.352 e. The molecule has 0 amide bonds. The van der Waals surface area contributed by atoms with Gasteiger partial charge in [-0.3, -0.25) is 0 Å². The van der Waals surface area contributed by atoms with Gasteiger partial charge in [0.15, 0.2) is 6.29 Å². The van der Waals surface area contributed by atoms with Gasteiger partial charge in [0.25, 0.3) is 0 Å². The molecule has 0 bridgehead atoms. The molecule has 0 N–H and O–H groups in total. The van der Waals surface area contributed by atoms with Crippen molar-refractivity contribution in [1.29, 1.82) is 0 Å². The van der Waals surface area contributed by atoms with E-state index in [1.807, 2.05) is 0 Å². The van der Waals surface area contributed by atoms with Crippen LogP contribution in [0.2, 0.25) is 0 Å². The van der Waals surface area contributed by atoms with Crippen molar-refractivity contribution >= 4 is 22.6 Å². The predicted octanol–water partition coefficient (Wildman–Crippen LogP) is 2.21. The molecule has 2 nitrogen and oxygen atoms in total. The van der Waals surface area contributed by atoms with Crippen LogP contribution in [0.25, 0.3) is 0 Å². The Morgan fingerprint density at radius 2 is 1.91 bits per heavy atom. The Balaban J connectivity index is 2.25. The first-order chi connectivity index (χ1) is 5.14. The van der Waals surface area contributed by atoms with Gasteiger partial charge >= 0.3 is 0 Å². The molecule has 3 heteroatoms. The number of hydrogen-bond acceptors (Lipinski definition) is 2. The van der Waals surface area contributed by atoms with Crippen molar-refractivity contribution in [3.63, 3.8) is 0 Å². The Morgan fingerprint density at radius 3 is 2.36 bits per heavy atom. The van der Waals surface area contributed by atoms with Crippen molar-refractivity contribution < 1.29 is 9.47 Å². The third-order valence-electron chi connectivity index (χ3n) is 1.66. The highest BCUT2D eigenvalue weighted by molar-refractivity contribution is 14.1. The van der Waals surface area contributed by atoms with Crippen LogP contribution in [0, 0.1) is 5.41 Å². The summed E-state index contributed by atoms with van der Waals surface area (Å²) in [5.41, 5.74) is 0.210. The SMILES string of the molecule is CC1(C)COC(CCI)OC1. The highest BCUT2D eigenvalue weighted by Gasteiger charge is 2.27. The first kappa shape index (κ1) is 9.74. The van der Waals surface area contributed by atoms with E-state index in [-0.39, 0.29) is 11.7 Å². The molecule has 0 aliphatic carbocycles. The molecule has 1 aliphatic heterocycles. The van der Waals surface area contributed by atoms with Crippen LogP contribution in [0.15, 0.2) is 0 Å². The summed E-state index contributed by atoms with van der Waals surface area (Å²) >= 11 is 2.34. The summed E-state index contributed by atoms with van der Waals surface area (Å²) in [5, 5.41) is 0. The maximum Gasteiger partial charge on any atom is 0.158 e. The van der Waals surface area contributed by atoms with Crippen LogP contribution in [0.1, 0.15) is 20.3 Å². The number of halogens is 1. The molecule has 1 fully saturated rings. The summed E-state index contributed by atoms with van der Waals surface area (Å²) in [6.07, 6.45) is 1.07. The zero-order chi connectivity index (χ0) is 8.32. The number of alkyl halides is 1. The van der Waals surface area contributed by atoms with Crippen LogP contribution in [0.4, 0.5) is 0 Å².